The Hall–Kier alpha value is -2.54. The Kier molecular flexibility index (Phi) is 5.49. The van der Waals surface area contributed by atoms with E-state index in [1.54, 1.807) is 24.3 Å². The van der Waals surface area contributed by atoms with Gasteiger partial charge in [-0.2, -0.15) is 5.10 Å². The third-order valence-corrected chi connectivity index (χ3v) is 6.54. The SMILES string of the molecule is COc1c(C(C)Nc2ncnc3c2cnn3C)cc(Cl)c(C)c1N1CCC1C(C)C. The van der Waals surface area contributed by atoms with E-state index in [1.807, 2.05) is 13.1 Å². The molecule has 0 radical (unpaired) electrons. The van der Waals surface area contributed by atoms with Gasteiger partial charge in [-0.3, -0.25) is 4.68 Å². The summed E-state index contributed by atoms with van der Waals surface area (Å²) in [6, 6.07) is 2.43. The monoisotopic (exact) mass is 428 g/mol. The van der Waals surface area contributed by atoms with E-state index in [2.05, 4.69) is 53.0 Å². The summed E-state index contributed by atoms with van der Waals surface area (Å²) in [5.74, 6) is 2.18. The Bertz CT molecular complexity index is 1080. The van der Waals surface area contributed by atoms with Crippen LogP contribution < -0.4 is 15.0 Å². The van der Waals surface area contributed by atoms with Gasteiger partial charge in [0.25, 0.3) is 0 Å². The maximum absolute atomic E-state index is 6.70. The summed E-state index contributed by atoms with van der Waals surface area (Å²) < 4.78 is 7.70. The van der Waals surface area contributed by atoms with Gasteiger partial charge in [0.15, 0.2) is 5.65 Å². The van der Waals surface area contributed by atoms with E-state index < -0.39 is 0 Å². The first kappa shape index (κ1) is 20.7. The van der Waals surface area contributed by atoms with Gasteiger partial charge in [0, 0.05) is 30.2 Å². The number of halogens is 1. The van der Waals surface area contributed by atoms with Crippen molar-refractivity contribution in [2.75, 3.05) is 23.9 Å². The molecule has 2 atom stereocenters. The molecule has 7 nitrogen and oxygen atoms in total. The van der Waals surface area contributed by atoms with Gasteiger partial charge in [-0.1, -0.05) is 25.4 Å². The number of fused-ring (bicyclic) bond motifs is 1. The molecule has 8 heteroatoms. The van der Waals surface area contributed by atoms with E-state index in [0.29, 0.717) is 12.0 Å². The smallest absolute Gasteiger partial charge is 0.163 e. The molecule has 3 heterocycles. The van der Waals surface area contributed by atoms with Crippen LogP contribution in [0, 0.1) is 12.8 Å². The molecule has 1 aromatic carbocycles. The topological polar surface area (TPSA) is 68.1 Å². The summed E-state index contributed by atoms with van der Waals surface area (Å²) in [5, 5.41) is 9.44. The van der Waals surface area contributed by atoms with Crippen molar-refractivity contribution in [1.82, 2.24) is 19.7 Å². The van der Waals surface area contributed by atoms with Gasteiger partial charge >= 0.3 is 0 Å². The maximum atomic E-state index is 6.70. The molecule has 1 aliphatic heterocycles. The Morgan fingerprint density at radius 2 is 2.03 bits per heavy atom. The lowest BCUT2D eigenvalue weighted by Gasteiger charge is -2.47. The van der Waals surface area contributed by atoms with Crippen LogP contribution in [0.1, 0.15) is 44.4 Å². The minimum absolute atomic E-state index is 0.0751. The first-order chi connectivity index (χ1) is 14.3. The number of aromatic nitrogens is 4. The molecular formula is C22H29ClN6O. The first-order valence-corrected chi connectivity index (χ1v) is 10.7. The number of methoxy groups -OCH3 is 1. The second-order valence-electron chi connectivity index (χ2n) is 8.34. The summed E-state index contributed by atoms with van der Waals surface area (Å²) in [7, 11) is 3.60. The molecule has 160 valence electrons. The van der Waals surface area contributed by atoms with Crippen LogP contribution in [0.15, 0.2) is 18.6 Å². The summed E-state index contributed by atoms with van der Waals surface area (Å²) in [6.07, 6.45) is 4.52. The second-order valence-corrected chi connectivity index (χ2v) is 8.75. The molecule has 1 saturated heterocycles. The zero-order valence-electron chi connectivity index (χ0n) is 18.4. The number of nitrogens with one attached hydrogen (secondary N) is 1. The van der Waals surface area contributed by atoms with Crippen LogP contribution in [0.5, 0.6) is 5.75 Å². The van der Waals surface area contributed by atoms with Crippen LogP contribution in [0.4, 0.5) is 11.5 Å². The summed E-state index contributed by atoms with van der Waals surface area (Å²) in [6.45, 7) is 9.71. The molecular weight excluding hydrogens is 400 g/mol. The number of hydrogen-bond donors (Lipinski definition) is 1. The lowest BCUT2D eigenvalue weighted by Crippen LogP contribution is -2.51. The van der Waals surface area contributed by atoms with Gasteiger partial charge in [0.05, 0.1) is 30.4 Å². The van der Waals surface area contributed by atoms with Gasteiger partial charge in [-0.05, 0) is 37.8 Å². The van der Waals surface area contributed by atoms with Crippen LogP contribution in [-0.4, -0.2) is 39.4 Å². The fourth-order valence-electron chi connectivity index (χ4n) is 4.35. The van der Waals surface area contributed by atoms with Crippen LogP contribution >= 0.6 is 11.6 Å². The van der Waals surface area contributed by atoms with Crippen molar-refractivity contribution in [3.63, 3.8) is 0 Å². The normalized spacial score (nSPS) is 17.3. The lowest BCUT2D eigenvalue weighted by atomic mass is 9.89. The molecule has 1 aliphatic rings. The minimum Gasteiger partial charge on any atom is -0.494 e. The molecule has 2 unspecified atom stereocenters. The Morgan fingerprint density at radius 3 is 2.67 bits per heavy atom. The summed E-state index contributed by atoms with van der Waals surface area (Å²) >= 11 is 6.70. The highest BCUT2D eigenvalue weighted by Crippen LogP contribution is 2.46. The van der Waals surface area contributed by atoms with Crippen LogP contribution in [-0.2, 0) is 7.05 Å². The van der Waals surface area contributed by atoms with Crippen molar-refractivity contribution < 1.29 is 4.74 Å². The molecule has 0 spiro atoms. The molecule has 0 amide bonds. The van der Waals surface area contributed by atoms with E-state index in [9.17, 15) is 0 Å². The lowest BCUT2D eigenvalue weighted by molar-refractivity contribution is 0.342. The highest BCUT2D eigenvalue weighted by Gasteiger charge is 2.35. The fourth-order valence-corrected chi connectivity index (χ4v) is 4.56. The first-order valence-electron chi connectivity index (χ1n) is 10.4. The number of benzene rings is 1. The van der Waals surface area contributed by atoms with E-state index >= 15 is 0 Å². The van der Waals surface area contributed by atoms with Crippen molar-refractivity contribution in [3.8, 4) is 5.75 Å². The Balaban J connectivity index is 1.74. The minimum atomic E-state index is -0.0751. The standard InChI is InChI=1S/C22H29ClN6O/c1-12(2)18-7-8-29(18)19-13(3)17(23)9-15(20(19)30-6)14(4)27-21-16-10-26-28(5)22(16)25-11-24-21/h9-12,14,18H,7-8H2,1-6H3,(H,24,25,27). The van der Waals surface area contributed by atoms with E-state index in [-0.39, 0.29) is 6.04 Å². The summed E-state index contributed by atoms with van der Waals surface area (Å²) in [5.41, 5.74) is 3.96. The van der Waals surface area contributed by atoms with Crippen molar-refractivity contribution in [2.45, 2.75) is 46.2 Å². The highest BCUT2D eigenvalue weighted by molar-refractivity contribution is 6.32. The van der Waals surface area contributed by atoms with Crippen molar-refractivity contribution in [2.24, 2.45) is 13.0 Å². The van der Waals surface area contributed by atoms with Crippen molar-refractivity contribution in [1.29, 1.82) is 0 Å². The zero-order chi connectivity index (χ0) is 21.6. The quantitative estimate of drug-likeness (QED) is 0.611. The zero-order valence-corrected chi connectivity index (χ0v) is 19.2. The summed E-state index contributed by atoms with van der Waals surface area (Å²) in [4.78, 5) is 11.2. The van der Waals surface area contributed by atoms with Crippen LogP contribution in [0.3, 0.4) is 0 Å². The molecule has 0 aliphatic carbocycles. The predicted molar refractivity (Wildman–Crippen MR) is 122 cm³/mol. The van der Waals surface area contributed by atoms with Gasteiger partial charge < -0.3 is 15.0 Å². The molecule has 1 fully saturated rings. The highest BCUT2D eigenvalue weighted by atomic mass is 35.5. The average molecular weight is 429 g/mol. The fraction of sp³-hybridized carbons (Fsp3) is 0.500. The number of rotatable bonds is 6. The number of anilines is 2. The van der Waals surface area contributed by atoms with Crippen LogP contribution in [0.25, 0.3) is 11.0 Å². The number of hydrogen-bond acceptors (Lipinski definition) is 6. The van der Waals surface area contributed by atoms with Gasteiger partial charge in [-0.15, -0.1) is 0 Å². The number of aryl methyl sites for hydroxylation is 1. The molecule has 2 aromatic heterocycles. The van der Waals surface area contributed by atoms with E-state index in [1.165, 1.54) is 6.42 Å². The largest absolute Gasteiger partial charge is 0.494 e. The molecule has 0 saturated carbocycles. The van der Waals surface area contributed by atoms with E-state index in [0.717, 1.165) is 51.0 Å². The average Bonchev–Trinajstić information content (AvgIpc) is 3.06. The molecule has 30 heavy (non-hydrogen) atoms. The van der Waals surface area contributed by atoms with E-state index in [4.69, 9.17) is 16.3 Å². The van der Waals surface area contributed by atoms with Crippen LogP contribution in [0.2, 0.25) is 5.02 Å². The molecule has 4 rings (SSSR count). The third kappa shape index (κ3) is 3.35. The Morgan fingerprint density at radius 1 is 1.27 bits per heavy atom. The predicted octanol–water partition coefficient (Wildman–Crippen LogP) is 4.74. The van der Waals surface area contributed by atoms with Gasteiger partial charge in [-0.25, -0.2) is 9.97 Å². The molecule has 3 aromatic rings. The van der Waals surface area contributed by atoms with Crippen molar-refractivity contribution in [3.05, 3.63) is 34.7 Å². The molecule has 1 N–H and O–H groups in total. The Labute approximate surface area is 182 Å². The van der Waals surface area contributed by atoms with Gasteiger partial charge in [0.1, 0.15) is 17.9 Å². The number of nitrogens with zero attached hydrogens (tertiary/aromatic N) is 5. The third-order valence-electron chi connectivity index (χ3n) is 6.15. The van der Waals surface area contributed by atoms with Gasteiger partial charge in [0.2, 0.25) is 0 Å². The van der Waals surface area contributed by atoms with Crippen molar-refractivity contribution >= 4 is 34.1 Å². The second kappa shape index (κ2) is 7.95. The molecule has 0 bridgehead atoms. The maximum Gasteiger partial charge on any atom is 0.163 e. The number of ether oxygens (including phenoxy) is 1.